The quantitative estimate of drug-likeness (QED) is 0.675. The summed E-state index contributed by atoms with van der Waals surface area (Å²) < 4.78 is 0.624. The summed E-state index contributed by atoms with van der Waals surface area (Å²) in [5.74, 6) is 0.119. The fourth-order valence-corrected chi connectivity index (χ4v) is 1.24. The average molecular weight is 273 g/mol. The van der Waals surface area contributed by atoms with E-state index in [1.165, 1.54) is 0 Å². The predicted molar refractivity (Wildman–Crippen MR) is 60.2 cm³/mol. The number of hydrogen-bond acceptors (Lipinski definition) is 3. The molecule has 4 nitrogen and oxygen atoms in total. The summed E-state index contributed by atoms with van der Waals surface area (Å²) in [5.41, 5.74) is 2.88. The lowest BCUT2D eigenvalue weighted by molar-refractivity contribution is 0.0208. The molecule has 1 aromatic rings. The van der Waals surface area contributed by atoms with Crippen molar-refractivity contribution in [1.82, 2.24) is 10.5 Å². The molecule has 1 N–H and O–H groups in total. The number of amides is 1. The summed E-state index contributed by atoms with van der Waals surface area (Å²) in [7, 11) is 0. The van der Waals surface area contributed by atoms with E-state index in [1.807, 2.05) is 13.8 Å². The Kier molecular flexibility index (Phi) is 4.71. The van der Waals surface area contributed by atoms with E-state index in [0.717, 1.165) is 0 Å². The molecule has 0 aliphatic carbocycles. The van der Waals surface area contributed by atoms with E-state index < -0.39 is 0 Å². The van der Waals surface area contributed by atoms with Crippen LogP contribution in [0.5, 0.6) is 0 Å². The van der Waals surface area contributed by atoms with Gasteiger partial charge in [0, 0.05) is 11.8 Å². The molecule has 0 atom stereocenters. The number of carbonyl (C=O) groups excluding carboxylic acids is 1. The van der Waals surface area contributed by atoms with Gasteiger partial charge in [0.25, 0.3) is 5.91 Å². The number of hydroxylamine groups is 1. The first-order chi connectivity index (χ1) is 7.09. The Morgan fingerprint density at radius 1 is 1.67 bits per heavy atom. The Bertz CT molecular complexity index is 342. The Morgan fingerprint density at radius 3 is 3.00 bits per heavy atom. The van der Waals surface area contributed by atoms with Crippen LogP contribution in [0.25, 0.3) is 0 Å². The number of hydrogen-bond donors (Lipinski definition) is 1. The average Bonchev–Trinajstić information content (AvgIpc) is 2.17. The van der Waals surface area contributed by atoms with Crippen molar-refractivity contribution in [3.63, 3.8) is 0 Å². The van der Waals surface area contributed by atoms with Crippen molar-refractivity contribution in [2.45, 2.75) is 13.8 Å². The number of aromatic nitrogens is 1. The SMILES string of the molecule is CC(C)CONC(=O)c1ccnc(Br)c1. The standard InChI is InChI=1S/C10H13BrN2O2/c1-7(2)6-15-13-10(14)8-3-4-12-9(11)5-8/h3-5,7H,6H2,1-2H3,(H,13,14). The molecule has 1 rings (SSSR count). The van der Waals surface area contributed by atoms with E-state index in [-0.39, 0.29) is 5.91 Å². The lowest BCUT2D eigenvalue weighted by Crippen LogP contribution is -2.25. The van der Waals surface area contributed by atoms with Crippen molar-refractivity contribution < 1.29 is 9.63 Å². The fraction of sp³-hybridized carbons (Fsp3) is 0.400. The van der Waals surface area contributed by atoms with Gasteiger partial charge in [-0.3, -0.25) is 9.63 Å². The second-order valence-electron chi connectivity index (χ2n) is 3.50. The zero-order valence-electron chi connectivity index (χ0n) is 8.66. The molecule has 0 aliphatic heterocycles. The van der Waals surface area contributed by atoms with Crippen LogP contribution in [0.3, 0.4) is 0 Å². The summed E-state index contributed by atoms with van der Waals surface area (Å²) in [6, 6.07) is 3.26. The number of pyridine rings is 1. The first-order valence-corrected chi connectivity index (χ1v) is 5.42. The Morgan fingerprint density at radius 2 is 2.40 bits per heavy atom. The van der Waals surface area contributed by atoms with Crippen LogP contribution in [-0.2, 0) is 4.84 Å². The van der Waals surface area contributed by atoms with Crippen LogP contribution in [0.15, 0.2) is 22.9 Å². The molecule has 0 aliphatic rings. The fourth-order valence-electron chi connectivity index (χ4n) is 0.877. The molecule has 0 radical (unpaired) electrons. The molecule has 0 saturated heterocycles. The molecule has 0 unspecified atom stereocenters. The third kappa shape index (κ3) is 4.40. The van der Waals surface area contributed by atoms with Gasteiger partial charge in [-0.15, -0.1) is 0 Å². The Hall–Kier alpha value is -0.940. The molecule has 0 saturated carbocycles. The number of nitrogens with one attached hydrogen (secondary N) is 1. The van der Waals surface area contributed by atoms with Gasteiger partial charge in [0.05, 0.1) is 6.61 Å². The number of halogens is 1. The first kappa shape index (κ1) is 12.1. The molecule has 1 amide bonds. The maximum absolute atomic E-state index is 11.5. The van der Waals surface area contributed by atoms with Gasteiger partial charge in [0.1, 0.15) is 4.60 Å². The molecule has 82 valence electrons. The molecular weight excluding hydrogens is 260 g/mol. The smallest absolute Gasteiger partial charge is 0.273 e. The van der Waals surface area contributed by atoms with Crippen LogP contribution in [-0.4, -0.2) is 17.5 Å². The molecule has 1 heterocycles. The highest BCUT2D eigenvalue weighted by Crippen LogP contribution is 2.07. The first-order valence-electron chi connectivity index (χ1n) is 4.63. The summed E-state index contributed by atoms with van der Waals surface area (Å²) in [6.45, 7) is 4.52. The summed E-state index contributed by atoms with van der Waals surface area (Å²) in [4.78, 5) is 20.4. The van der Waals surface area contributed by atoms with Gasteiger partial charge < -0.3 is 0 Å². The van der Waals surface area contributed by atoms with E-state index in [4.69, 9.17) is 4.84 Å². The number of nitrogens with zero attached hydrogens (tertiary/aromatic N) is 1. The summed E-state index contributed by atoms with van der Waals surface area (Å²) in [6.07, 6.45) is 1.56. The summed E-state index contributed by atoms with van der Waals surface area (Å²) in [5, 5.41) is 0. The van der Waals surface area contributed by atoms with Crippen molar-refractivity contribution in [1.29, 1.82) is 0 Å². The maximum Gasteiger partial charge on any atom is 0.274 e. The van der Waals surface area contributed by atoms with Crippen molar-refractivity contribution in [2.24, 2.45) is 5.92 Å². The van der Waals surface area contributed by atoms with E-state index in [9.17, 15) is 4.79 Å². The zero-order valence-corrected chi connectivity index (χ0v) is 10.2. The predicted octanol–water partition coefficient (Wildman–Crippen LogP) is 2.16. The zero-order chi connectivity index (χ0) is 11.3. The highest BCUT2D eigenvalue weighted by Gasteiger charge is 2.06. The molecule has 0 aromatic carbocycles. The van der Waals surface area contributed by atoms with Crippen LogP contribution in [0.2, 0.25) is 0 Å². The normalized spacial score (nSPS) is 10.4. The van der Waals surface area contributed by atoms with Crippen molar-refractivity contribution in [2.75, 3.05) is 6.61 Å². The number of carbonyl (C=O) groups is 1. The largest absolute Gasteiger partial charge is 0.274 e. The van der Waals surface area contributed by atoms with Gasteiger partial charge in [-0.1, -0.05) is 13.8 Å². The highest BCUT2D eigenvalue weighted by atomic mass is 79.9. The van der Waals surface area contributed by atoms with Crippen LogP contribution in [0, 0.1) is 5.92 Å². The number of rotatable bonds is 4. The summed E-state index contributed by atoms with van der Waals surface area (Å²) >= 11 is 3.19. The molecule has 1 aromatic heterocycles. The molecule has 5 heteroatoms. The Labute approximate surface area is 97.1 Å². The van der Waals surface area contributed by atoms with Gasteiger partial charge in [-0.05, 0) is 34.0 Å². The topological polar surface area (TPSA) is 51.2 Å². The monoisotopic (exact) mass is 272 g/mol. The molecule has 0 spiro atoms. The van der Waals surface area contributed by atoms with E-state index >= 15 is 0 Å². The van der Waals surface area contributed by atoms with Crippen molar-refractivity contribution in [3.05, 3.63) is 28.5 Å². The van der Waals surface area contributed by atoms with E-state index in [0.29, 0.717) is 22.7 Å². The lowest BCUT2D eigenvalue weighted by Gasteiger charge is -2.07. The Balaban J connectivity index is 2.47. The van der Waals surface area contributed by atoms with Crippen LogP contribution in [0.4, 0.5) is 0 Å². The van der Waals surface area contributed by atoms with Gasteiger partial charge >= 0.3 is 0 Å². The van der Waals surface area contributed by atoms with Crippen LogP contribution < -0.4 is 5.48 Å². The van der Waals surface area contributed by atoms with Crippen molar-refractivity contribution >= 4 is 21.8 Å². The third-order valence-corrected chi connectivity index (χ3v) is 2.00. The minimum absolute atomic E-state index is 0.265. The van der Waals surface area contributed by atoms with Crippen LogP contribution >= 0.6 is 15.9 Å². The molecule has 0 fully saturated rings. The van der Waals surface area contributed by atoms with E-state index in [1.54, 1.807) is 18.3 Å². The third-order valence-electron chi connectivity index (χ3n) is 1.57. The maximum atomic E-state index is 11.5. The minimum Gasteiger partial charge on any atom is -0.273 e. The second-order valence-corrected chi connectivity index (χ2v) is 4.32. The van der Waals surface area contributed by atoms with Gasteiger partial charge in [-0.2, -0.15) is 0 Å². The second kappa shape index (κ2) is 5.82. The minimum atomic E-state index is -0.265. The van der Waals surface area contributed by atoms with Crippen molar-refractivity contribution in [3.8, 4) is 0 Å². The van der Waals surface area contributed by atoms with E-state index in [2.05, 4.69) is 26.4 Å². The van der Waals surface area contributed by atoms with Gasteiger partial charge in [-0.25, -0.2) is 10.5 Å². The highest BCUT2D eigenvalue weighted by molar-refractivity contribution is 9.10. The van der Waals surface area contributed by atoms with Gasteiger partial charge in [0.2, 0.25) is 0 Å². The van der Waals surface area contributed by atoms with Crippen LogP contribution in [0.1, 0.15) is 24.2 Å². The molecule has 0 bridgehead atoms. The van der Waals surface area contributed by atoms with Gasteiger partial charge in [0.15, 0.2) is 0 Å². The molecular formula is C10H13BrN2O2. The lowest BCUT2D eigenvalue weighted by atomic mass is 10.2. The molecule has 15 heavy (non-hydrogen) atoms.